The molecule has 0 unspecified atom stereocenters. The molecule has 150 valence electrons. The number of nitrogen functional groups attached to an aromatic ring is 1. The Morgan fingerprint density at radius 3 is 2.16 bits per heavy atom. The lowest BCUT2D eigenvalue weighted by Gasteiger charge is -2.09. The molecule has 31 heavy (non-hydrogen) atoms. The van der Waals surface area contributed by atoms with E-state index in [1.54, 1.807) is 24.3 Å². The number of hydrogen-bond acceptors (Lipinski definition) is 4. The van der Waals surface area contributed by atoms with Crippen LogP contribution in [0, 0.1) is 5.82 Å². The minimum absolute atomic E-state index is 0.132. The van der Waals surface area contributed by atoms with Gasteiger partial charge in [0.15, 0.2) is 0 Å². The van der Waals surface area contributed by atoms with E-state index < -0.39 is 0 Å². The molecule has 0 aliphatic carbocycles. The summed E-state index contributed by atoms with van der Waals surface area (Å²) in [5, 5.41) is 0.718. The number of hydrogen-bond donors (Lipinski definition) is 1. The van der Waals surface area contributed by atoms with Crippen molar-refractivity contribution in [3.63, 3.8) is 0 Å². The lowest BCUT2D eigenvalue weighted by molar-refractivity contribution is 0.104. The number of nitrogens with two attached hydrogens (primary N) is 1. The van der Waals surface area contributed by atoms with Crippen LogP contribution in [-0.2, 0) is 0 Å². The third-order valence-electron chi connectivity index (χ3n) is 5.17. The molecule has 0 aliphatic rings. The lowest BCUT2D eigenvalue weighted by atomic mass is 9.99. The zero-order chi connectivity index (χ0) is 21.4. The second kappa shape index (κ2) is 7.78. The number of nitrogens with zero attached hydrogens (tertiary/aromatic N) is 1. The average molecular weight is 425 g/mol. The van der Waals surface area contributed by atoms with Crippen LogP contribution in [0.5, 0.6) is 0 Å². The highest BCUT2D eigenvalue weighted by Gasteiger charge is 2.22. The van der Waals surface area contributed by atoms with E-state index in [0.29, 0.717) is 21.0 Å². The predicted octanol–water partition coefficient (Wildman–Crippen LogP) is 6.58. The molecule has 2 heterocycles. The van der Waals surface area contributed by atoms with E-state index in [0.717, 1.165) is 27.8 Å². The first-order valence-electron chi connectivity index (χ1n) is 9.76. The van der Waals surface area contributed by atoms with Crippen LogP contribution in [0.1, 0.15) is 15.2 Å². The number of halogens is 1. The number of fused-ring (bicyclic) bond motifs is 1. The van der Waals surface area contributed by atoms with Crippen molar-refractivity contribution in [3.8, 4) is 22.4 Å². The summed E-state index contributed by atoms with van der Waals surface area (Å²) in [6.07, 6.45) is 0. The predicted molar refractivity (Wildman–Crippen MR) is 125 cm³/mol. The molecule has 0 saturated heterocycles. The molecule has 0 radical (unpaired) electrons. The Hall–Kier alpha value is -3.83. The standard InChI is InChI=1S/C26H17FN2OS/c27-19-13-11-16(12-14-19)20-15-21(17-7-3-1-4-8-17)29-26-22(20)23(28)25(31-26)24(30)18-9-5-2-6-10-18/h1-15H,28H2. The SMILES string of the molecule is Nc1c(C(=O)c2ccccc2)sc2nc(-c3ccccc3)cc(-c3ccc(F)cc3)c12. The molecule has 0 amide bonds. The fourth-order valence-corrected chi connectivity index (χ4v) is 4.71. The van der Waals surface area contributed by atoms with E-state index in [1.165, 1.54) is 23.5 Å². The van der Waals surface area contributed by atoms with Gasteiger partial charge in [0.2, 0.25) is 5.78 Å². The topological polar surface area (TPSA) is 56.0 Å². The van der Waals surface area contributed by atoms with Gasteiger partial charge in [0.1, 0.15) is 15.5 Å². The zero-order valence-electron chi connectivity index (χ0n) is 16.4. The van der Waals surface area contributed by atoms with Crippen molar-refractivity contribution in [2.45, 2.75) is 0 Å². The van der Waals surface area contributed by atoms with Crippen molar-refractivity contribution in [1.29, 1.82) is 0 Å². The quantitative estimate of drug-likeness (QED) is 0.331. The van der Waals surface area contributed by atoms with E-state index >= 15 is 0 Å². The van der Waals surface area contributed by atoms with Gasteiger partial charge >= 0.3 is 0 Å². The molecule has 5 heteroatoms. The molecule has 5 rings (SSSR count). The molecule has 5 aromatic rings. The van der Waals surface area contributed by atoms with E-state index in [2.05, 4.69) is 0 Å². The van der Waals surface area contributed by atoms with Gasteiger partial charge in [0.25, 0.3) is 0 Å². The number of thiophene rings is 1. The van der Waals surface area contributed by atoms with Crippen LogP contribution in [0.2, 0.25) is 0 Å². The van der Waals surface area contributed by atoms with Gasteiger partial charge in [-0.05, 0) is 29.3 Å². The third kappa shape index (κ3) is 3.49. The number of carbonyl (C=O) groups is 1. The van der Waals surface area contributed by atoms with Crippen LogP contribution in [0.15, 0.2) is 91.0 Å². The Bertz CT molecular complexity index is 1390. The molecule has 3 aromatic carbocycles. The highest BCUT2D eigenvalue weighted by atomic mass is 32.1. The highest BCUT2D eigenvalue weighted by molar-refractivity contribution is 7.21. The molecule has 0 aliphatic heterocycles. The van der Waals surface area contributed by atoms with E-state index in [9.17, 15) is 9.18 Å². The summed E-state index contributed by atoms with van der Waals surface area (Å²) in [6.45, 7) is 0. The van der Waals surface area contributed by atoms with Crippen LogP contribution < -0.4 is 5.73 Å². The van der Waals surface area contributed by atoms with Gasteiger partial charge in [-0.15, -0.1) is 11.3 Å². The van der Waals surface area contributed by atoms with Crippen molar-refractivity contribution in [1.82, 2.24) is 4.98 Å². The molecular weight excluding hydrogens is 407 g/mol. The first-order valence-corrected chi connectivity index (χ1v) is 10.6. The Balaban J connectivity index is 1.77. The number of pyridine rings is 1. The maximum Gasteiger partial charge on any atom is 0.205 e. The first kappa shape index (κ1) is 19.2. The summed E-state index contributed by atoms with van der Waals surface area (Å²) >= 11 is 1.29. The van der Waals surface area contributed by atoms with Crippen LogP contribution >= 0.6 is 11.3 Å². The molecule has 0 atom stereocenters. The fraction of sp³-hybridized carbons (Fsp3) is 0. The molecule has 0 saturated carbocycles. The van der Waals surface area contributed by atoms with Crippen molar-refractivity contribution in [2.75, 3.05) is 5.73 Å². The third-order valence-corrected chi connectivity index (χ3v) is 6.26. The van der Waals surface area contributed by atoms with Crippen LogP contribution in [0.4, 0.5) is 10.1 Å². The van der Waals surface area contributed by atoms with Crippen LogP contribution in [0.25, 0.3) is 32.6 Å². The minimum Gasteiger partial charge on any atom is -0.397 e. The average Bonchev–Trinajstić information content (AvgIpc) is 3.16. The van der Waals surface area contributed by atoms with Gasteiger partial charge in [-0.25, -0.2) is 9.37 Å². The Labute approximate surface area is 182 Å². The number of carbonyl (C=O) groups excluding carboxylic acids is 1. The molecular formula is C26H17FN2OS. The minimum atomic E-state index is -0.310. The van der Waals surface area contributed by atoms with Crippen molar-refractivity contribution >= 4 is 33.0 Å². The van der Waals surface area contributed by atoms with E-state index in [1.807, 2.05) is 54.6 Å². The lowest BCUT2D eigenvalue weighted by Crippen LogP contribution is -2.01. The maximum atomic E-state index is 13.6. The molecule has 0 fully saturated rings. The molecule has 3 nitrogen and oxygen atoms in total. The van der Waals surface area contributed by atoms with Crippen LogP contribution in [0.3, 0.4) is 0 Å². The Morgan fingerprint density at radius 1 is 0.839 bits per heavy atom. The molecule has 2 aromatic heterocycles. The van der Waals surface area contributed by atoms with Crippen molar-refractivity contribution < 1.29 is 9.18 Å². The number of benzene rings is 3. The van der Waals surface area contributed by atoms with Gasteiger partial charge in [-0.3, -0.25) is 4.79 Å². The second-order valence-electron chi connectivity index (χ2n) is 7.15. The van der Waals surface area contributed by atoms with Gasteiger partial charge in [-0.2, -0.15) is 0 Å². The van der Waals surface area contributed by atoms with Gasteiger partial charge in [0, 0.05) is 16.5 Å². The summed E-state index contributed by atoms with van der Waals surface area (Å²) in [5.41, 5.74) is 10.9. The monoisotopic (exact) mass is 424 g/mol. The maximum absolute atomic E-state index is 13.6. The van der Waals surface area contributed by atoms with Crippen molar-refractivity contribution in [2.24, 2.45) is 0 Å². The summed E-state index contributed by atoms with van der Waals surface area (Å²) in [6, 6.07) is 27.1. The second-order valence-corrected chi connectivity index (χ2v) is 8.15. The summed E-state index contributed by atoms with van der Waals surface area (Å²) in [5.74, 6) is -0.442. The molecule has 2 N–H and O–H groups in total. The normalized spacial score (nSPS) is 11.0. The highest BCUT2D eigenvalue weighted by Crippen LogP contribution is 2.42. The fourth-order valence-electron chi connectivity index (χ4n) is 3.62. The van der Waals surface area contributed by atoms with E-state index in [-0.39, 0.29) is 11.6 Å². The number of ketones is 1. The number of aromatic nitrogens is 1. The smallest absolute Gasteiger partial charge is 0.205 e. The number of anilines is 1. The summed E-state index contributed by atoms with van der Waals surface area (Å²) in [4.78, 5) is 19.1. The Morgan fingerprint density at radius 2 is 1.48 bits per heavy atom. The molecule has 0 spiro atoms. The van der Waals surface area contributed by atoms with Crippen molar-refractivity contribution in [3.05, 3.63) is 107 Å². The van der Waals surface area contributed by atoms with E-state index in [4.69, 9.17) is 10.7 Å². The van der Waals surface area contributed by atoms with Gasteiger partial charge in [0.05, 0.1) is 11.4 Å². The first-order chi connectivity index (χ1) is 15.1. The Kier molecular flexibility index (Phi) is 4.81. The summed E-state index contributed by atoms with van der Waals surface area (Å²) < 4.78 is 13.6. The molecule has 0 bridgehead atoms. The largest absolute Gasteiger partial charge is 0.397 e. The zero-order valence-corrected chi connectivity index (χ0v) is 17.2. The van der Waals surface area contributed by atoms with Crippen LogP contribution in [-0.4, -0.2) is 10.8 Å². The van der Waals surface area contributed by atoms with Gasteiger partial charge < -0.3 is 5.73 Å². The summed E-state index contributed by atoms with van der Waals surface area (Å²) in [7, 11) is 0. The van der Waals surface area contributed by atoms with Gasteiger partial charge in [-0.1, -0.05) is 72.8 Å². The number of rotatable bonds is 4.